The van der Waals surface area contributed by atoms with Crippen molar-refractivity contribution in [1.29, 1.82) is 0 Å². The molecule has 3 heteroatoms. The van der Waals surface area contributed by atoms with Crippen LogP contribution in [0.1, 0.15) is 19.3 Å². The van der Waals surface area contributed by atoms with Gasteiger partial charge in [0.05, 0.1) is 24.4 Å². The first-order chi connectivity index (χ1) is 5.34. The molecule has 0 aromatic heterocycles. The summed E-state index contributed by atoms with van der Waals surface area (Å²) in [7, 11) is 0. The van der Waals surface area contributed by atoms with E-state index in [1.165, 1.54) is 6.42 Å². The number of hydrogen-bond acceptors (Lipinski definition) is 3. The van der Waals surface area contributed by atoms with Crippen LogP contribution in [0.4, 0.5) is 0 Å². The third kappa shape index (κ3) is 0.736. The fourth-order valence-electron chi connectivity index (χ4n) is 2.57. The van der Waals surface area contributed by atoms with E-state index in [1.807, 2.05) is 0 Å². The first-order valence-electron chi connectivity index (χ1n) is 4.41. The summed E-state index contributed by atoms with van der Waals surface area (Å²) < 4.78 is 11.5. The van der Waals surface area contributed by atoms with E-state index in [-0.39, 0.29) is 12.1 Å². The van der Waals surface area contributed by atoms with Crippen molar-refractivity contribution in [1.82, 2.24) is 0 Å². The lowest BCUT2D eigenvalue weighted by molar-refractivity contribution is -0.291. The summed E-state index contributed by atoms with van der Waals surface area (Å²) in [5.41, 5.74) is 5.90. The van der Waals surface area contributed by atoms with Gasteiger partial charge in [0.2, 0.25) is 0 Å². The Kier molecular flexibility index (Phi) is 1.15. The van der Waals surface area contributed by atoms with Gasteiger partial charge in [0.15, 0.2) is 0 Å². The van der Waals surface area contributed by atoms with Gasteiger partial charge in [-0.1, -0.05) is 0 Å². The van der Waals surface area contributed by atoms with Gasteiger partial charge >= 0.3 is 0 Å². The highest BCUT2D eigenvalue weighted by Gasteiger charge is 2.51. The highest BCUT2D eigenvalue weighted by Crippen LogP contribution is 2.40. The third-order valence-corrected chi connectivity index (χ3v) is 3.12. The molecule has 3 nitrogen and oxygen atoms in total. The molecular weight excluding hydrogens is 142 g/mol. The highest BCUT2D eigenvalue weighted by atomic mass is 16.6. The van der Waals surface area contributed by atoms with E-state index >= 15 is 0 Å². The predicted octanol–water partition coefficient (Wildman–Crippen LogP) is 0.0324. The summed E-state index contributed by atoms with van der Waals surface area (Å²) in [6.45, 7) is 0. The average molecular weight is 155 g/mol. The number of rotatable bonds is 0. The van der Waals surface area contributed by atoms with Gasteiger partial charge in [0, 0.05) is 6.04 Å². The van der Waals surface area contributed by atoms with Crippen molar-refractivity contribution in [3.8, 4) is 0 Å². The summed E-state index contributed by atoms with van der Waals surface area (Å²) in [5, 5.41) is 0. The zero-order valence-electron chi connectivity index (χ0n) is 6.40. The van der Waals surface area contributed by atoms with Crippen LogP contribution in [0.2, 0.25) is 0 Å². The Hall–Kier alpha value is -0.120. The number of hydrogen-bond donors (Lipinski definition) is 1. The standard InChI is InChI=1S/C8H13NO2/c9-4-3-7-5-1-2-6(10-7)8(4)11-5/h4-8H,1-3,9H2/t4-,5?,6-,7+,8-/m0/s1. The fourth-order valence-corrected chi connectivity index (χ4v) is 2.57. The van der Waals surface area contributed by atoms with Crippen LogP contribution in [0.5, 0.6) is 0 Å². The van der Waals surface area contributed by atoms with Crippen molar-refractivity contribution in [2.45, 2.75) is 49.7 Å². The Balaban J connectivity index is 1.93. The Morgan fingerprint density at radius 1 is 1.00 bits per heavy atom. The van der Waals surface area contributed by atoms with E-state index in [1.54, 1.807) is 0 Å². The van der Waals surface area contributed by atoms with E-state index in [4.69, 9.17) is 15.2 Å². The van der Waals surface area contributed by atoms with Crippen LogP contribution in [0.3, 0.4) is 0 Å². The molecule has 0 amide bonds. The van der Waals surface area contributed by atoms with Crippen LogP contribution in [0.25, 0.3) is 0 Å². The van der Waals surface area contributed by atoms with Crippen molar-refractivity contribution in [2.24, 2.45) is 5.73 Å². The molecule has 0 saturated carbocycles. The van der Waals surface area contributed by atoms with Gasteiger partial charge in [-0.05, 0) is 19.3 Å². The van der Waals surface area contributed by atoms with Gasteiger partial charge < -0.3 is 15.2 Å². The Morgan fingerprint density at radius 3 is 2.36 bits per heavy atom. The minimum Gasteiger partial charge on any atom is -0.369 e. The van der Waals surface area contributed by atoms with Gasteiger partial charge in [-0.2, -0.15) is 0 Å². The molecule has 5 atom stereocenters. The summed E-state index contributed by atoms with van der Waals surface area (Å²) in [5.74, 6) is 0. The average Bonchev–Trinajstić information content (AvgIpc) is 2.05. The lowest BCUT2D eigenvalue weighted by atomic mass is 9.81. The van der Waals surface area contributed by atoms with Crippen LogP contribution in [-0.2, 0) is 9.47 Å². The second kappa shape index (κ2) is 1.97. The first kappa shape index (κ1) is 6.40. The summed E-state index contributed by atoms with van der Waals surface area (Å²) in [6, 6.07) is 0.232. The van der Waals surface area contributed by atoms with Crippen LogP contribution >= 0.6 is 0 Å². The lowest BCUT2D eigenvalue weighted by Gasteiger charge is -2.54. The molecule has 0 spiro atoms. The van der Waals surface area contributed by atoms with Gasteiger partial charge in [0.25, 0.3) is 0 Å². The molecule has 5 fully saturated rings. The smallest absolute Gasteiger partial charge is 0.0993 e. The molecule has 5 heterocycles. The Bertz CT molecular complexity index is 183. The topological polar surface area (TPSA) is 44.5 Å². The van der Waals surface area contributed by atoms with Gasteiger partial charge in [-0.15, -0.1) is 0 Å². The summed E-state index contributed by atoms with van der Waals surface area (Å²) >= 11 is 0. The van der Waals surface area contributed by atoms with Crippen LogP contribution in [-0.4, -0.2) is 30.5 Å². The molecular formula is C8H13NO2. The molecule has 5 saturated heterocycles. The van der Waals surface area contributed by atoms with Gasteiger partial charge in [-0.3, -0.25) is 0 Å². The third-order valence-electron chi connectivity index (χ3n) is 3.12. The summed E-state index contributed by atoms with van der Waals surface area (Å²) in [4.78, 5) is 0. The molecule has 5 aliphatic heterocycles. The van der Waals surface area contributed by atoms with E-state index in [2.05, 4.69) is 0 Å². The zero-order valence-corrected chi connectivity index (χ0v) is 6.40. The van der Waals surface area contributed by atoms with Crippen molar-refractivity contribution in [2.75, 3.05) is 0 Å². The van der Waals surface area contributed by atoms with E-state index in [9.17, 15) is 0 Å². The fraction of sp³-hybridized carbons (Fsp3) is 1.00. The minimum absolute atomic E-state index is 0.207. The molecule has 62 valence electrons. The van der Waals surface area contributed by atoms with Crippen LogP contribution in [0, 0.1) is 0 Å². The monoisotopic (exact) mass is 155 g/mol. The molecule has 2 N–H and O–H groups in total. The largest absolute Gasteiger partial charge is 0.369 e. The molecule has 1 unspecified atom stereocenters. The second-order valence-electron chi connectivity index (χ2n) is 3.83. The molecule has 0 radical (unpaired) electrons. The van der Waals surface area contributed by atoms with Crippen molar-refractivity contribution in [3.05, 3.63) is 0 Å². The molecule has 0 aliphatic carbocycles. The molecule has 4 bridgehead atoms. The Labute approximate surface area is 65.8 Å². The lowest BCUT2D eigenvalue weighted by Crippen LogP contribution is -2.66. The van der Waals surface area contributed by atoms with E-state index in [0.717, 1.165) is 12.8 Å². The highest BCUT2D eigenvalue weighted by molar-refractivity contribution is 5.01. The van der Waals surface area contributed by atoms with Crippen LogP contribution in [0.15, 0.2) is 0 Å². The maximum Gasteiger partial charge on any atom is 0.0993 e. The molecule has 0 aromatic carbocycles. The number of ether oxygens (including phenoxy) is 2. The normalized spacial score (nSPS) is 60.3. The quantitative estimate of drug-likeness (QED) is 0.537. The Morgan fingerprint density at radius 2 is 1.82 bits per heavy atom. The molecule has 11 heavy (non-hydrogen) atoms. The summed E-state index contributed by atoms with van der Waals surface area (Å²) in [6.07, 6.45) is 4.54. The van der Waals surface area contributed by atoms with Gasteiger partial charge in [-0.25, -0.2) is 0 Å². The maximum atomic E-state index is 5.90. The van der Waals surface area contributed by atoms with Crippen molar-refractivity contribution in [3.63, 3.8) is 0 Å². The number of nitrogens with two attached hydrogens (primary N) is 1. The van der Waals surface area contributed by atoms with Crippen molar-refractivity contribution < 1.29 is 9.47 Å². The molecule has 5 aliphatic rings. The second-order valence-corrected chi connectivity index (χ2v) is 3.83. The SMILES string of the molecule is N[C@H]1C[C@H]2O[C@H]3CCC2O[C@H]31. The molecule has 0 aromatic rings. The zero-order chi connectivity index (χ0) is 7.42. The number of fused-ring (bicyclic) bond motifs is 2. The van der Waals surface area contributed by atoms with E-state index < -0.39 is 0 Å². The van der Waals surface area contributed by atoms with Crippen LogP contribution < -0.4 is 5.73 Å². The van der Waals surface area contributed by atoms with E-state index in [0.29, 0.717) is 18.3 Å². The molecule has 5 rings (SSSR count). The predicted molar refractivity (Wildman–Crippen MR) is 39.1 cm³/mol. The maximum absolute atomic E-state index is 5.90. The van der Waals surface area contributed by atoms with Gasteiger partial charge in [0.1, 0.15) is 0 Å². The first-order valence-corrected chi connectivity index (χ1v) is 4.41. The minimum atomic E-state index is 0.207. The van der Waals surface area contributed by atoms with Crippen molar-refractivity contribution >= 4 is 0 Å².